The predicted molar refractivity (Wildman–Crippen MR) is 67.2 cm³/mol. The first-order valence-electron chi connectivity index (χ1n) is 5.92. The molecule has 3 nitrogen and oxygen atoms in total. The van der Waals surface area contributed by atoms with E-state index in [1.807, 2.05) is 18.2 Å². The van der Waals surface area contributed by atoms with Crippen LogP contribution in [-0.2, 0) is 0 Å². The van der Waals surface area contributed by atoms with Crippen LogP contribution in [0.1, 0.15) is 44.2 Å². The number of nitrogens with two attached hydrogens (primary N) is 1. The second-order valence-corrected chi connectivity index (χ2v) is 3.96. The summed E-state index contributed by atoms with van der Waals surface area (Å²) in [6, 6.07) is 8.21. The predicted octanol–water partition coefficient (Wildman–Crippen LogP) is 2.78. The van der Waals surface area contributed by atoms with Crippen molar-refractivity contribution in [1.29, 1.82) is 0 Å². The minimum absolute atomic E-state index is 0.183. The van der Waals surface area contributed by atoms with Gasteiger partial charge < -0.3 is 4.74 Å². The van der Waals surface area contributed by atoms with Crippen LogP contribution in [0.5, 0.6) is 5.75 Å². The molecule has 1 rings (SSSR count). The van der Waals surface area contributed by atoms with Crippen LogP contribution in [0.15, 0.2) is 24.3 Å². The fourth-order valence-electron chi connectivity index (χ4n) is 1.88. The quantitative estimate of drug-likeness (QED) is 0.423. The molecule has 0 aliphatic rings. The van der Waals surface area contributed by atoms with Crippen LogP contribution in [0.4, 0.5) is 0 Å². The van der Waals surface area contributed by atoms with Gasteiger partial charge >= 0.3 is 0 Å². The number of hydrogen-bond acceptors (Lipinski definition) is 3. The smallest absolute Gasteiger partial charge is 0.123 e. The van der Waals surface area contributed by atoms with Gasteiger partial charge in [-0.1, -0.05) is 44.4 Å². The Balaban J connectivity index is 2.69. The van der Waals surface area contributed by atoms with Crippen LogP contribution in [0, 0.1) is 0 Å². The third-order valence-corrected chi connectivity index (χ3v) is 2.81. The molecule has 0 aliphatic heterocycles. The highest BCUT2D eigenvalue weighted by Crippen LogP contribution is 2.27. The maximum Gasteiger partial charge on any atom is 0.123 e. The number of hydrogen-bond donors (Lipinski definition) is 2. The van der Waals surface area contributed by atoms with Crippen LogP contribution < -0.4 is 16.0 Å². The lowest BCUT2D eigenvalue weighted by Crippen LogP contribution is -2.28. The lowest BCUT2D eigenvalue weighted by Gasteiger charge is -2.18. The van der Waals surface area contributed by atoms with E-state index in [4.69, 9.17) is 10.6 Å². The number of nitrogens with one attached hydrogen (secondary N) is 1. The molecule has 0 heterocycles. The molecule has 90 valence electrons. The number of para-hydroxylation sites is 1. The van der Waals surface area contributed by atoms with Crippen LogP contribution in [0.2, 0.25) is 0 Å². The van der Waals surface area contributed by atoms with E-state index in [2.05, 4.69) is 18.4 Å². The van der Waals surface area contributed by atoms with Crippen molar-refractivity contribution in [3.8, 4) is 5.75 Å². The average molecular weight is 222 g/mol. The van der Waals surface area contributed by atoms with Crippen LogP contribution in [0.25, 0.3) is 0 Å². The molecular formula is C13H22N2O. The van der Waals surface area contributed by atoms with Gasteiger partial charge in [0, 0.05) is 11.6 Å². The van der Waals surface area contributed by atoms with Gasteiger partial charge in [-0.15, -0.1) is 0 Å². The third-order valence-electron chi connectivity index (χ3n) is 2.81. The Morgan fingerprint density at radius 2 is 2.06 bits per heavy atom. The summed E-state index contributed by atoms with van der Waals surface area (Å²) in [5, 5.41) is 0. The van der Waals surface area contributed by atoms with Crippen molar-refractivity contribution >= 4 is 0 Å². The Morgan fingerprint density at radius 3 is 2.69 bits per heavy atom. The molecule has 1 aromatic rings. The zero-order valence-corrected chi connectivity index (χ0v) is 10.2. The molecule has 1 unspecified atom stereocenters. The SMILES string of the molecule is CCCCCC(NN)c1ccccc1OC. The van der Waals surface area contributed by atoms with E-state index in [0.29, 0.717) is 0 Å². The first kappa shape index (κ1) is 13.0. The van der Waals surface area contributed by atoms with Crippen molar-refractivity contribution in [3.63, 3.8) is 0 Å². The summed E-state index contributed by atoms with van der Waals surface area (Å²) < 4.78 is 5.34. The van der Waals surface area contributed by atoms with Crippen molar-refractivity contribution in [2.24, 2.45) is 5.84 Å². The number of unbranched alkanes of at least 4 members (excludes halogenated alkanes) is 2. The average Bonchev–Trinajstić information content (AvgIpc) is 2.35. The Morgan fingerprint density at radius 1 is 1.31 bits per heavy atom. The lowest BCUT2D eigenvalue weighted by atomic mass is 10.0. The zero-order chi connectivity index (χ0) is 11.8. The van der Waals surface area contributed by atoms with Gasteiger partial charge in [0.2, 0.25) is 0 Å². The van der Waals surface area contributed by atoms with Gasteiger partial charge in [0.05, 0.1) is 7.11 Å². The minimum atomic E-state index is 0.183. The first-order valence-corrected chi connectivity index (χ1v) is 5.92. The molecule has 0 aliphatic carbocycles. The topological polar surface area (TPSA) is 47.3 Å². The highest BCUT2D eigenvalue weighted by Gasteiger charge is 2.13. The summed E-state index contributed by atoms with van der Waals surface area (Å²) in [6.45, 7) is 2.20. The van der Waals surface area contributed by atoms with E-state index in [1.165, 1.54) is 19.3 Å². The molecule has 0 saturated heterocycles. The molecule has 0 saturated carbocycles. The normalized spacial score (nSPS) is 12.4. The Hall–Kier alpha value is -1.06. The van der Waals surface area contributed by atoms with Gasteiger partial charge in [-0.25, -0.2) is 0 Å². The molecule has 0 radical (unpaired) electrons. The van der Waals surface area contributed by atoms with E-state index >= 15 is 0 Å². The molecule has 1 atom stereocenters. The van der Waals surface area contributed by atoms with E-state index in [-0.39, 0.29) is 6.04 Å². The molecule has 0 aromatic heterocycles. The van der Waals surface area contributed by atoms with Crippen LogP contribution in [-0.4, -0.2) is 7.11 Å². The molecule has 3 heteroatoms. The van der Waals surface area contributed by atoms with Gasteiger partial charge in [-0.2, -0.15) is 0 Å². The van der Waals surface area contributed by atoms with Gasteiger partial charge in [-0.3, -0.25) is 11.3 Å². The summed E-state index contributed by atoms with van der Waals surface area (Å²) in [6.07, 6.45) is 4.70. The van der Waals surface area contributed by atoms with E-state index < -0.39 is 0 Å². The highest BCUT2D eigenvalue weighted by molar-refractivity contribution is 5.35. The molecule has 1 aromatic carbocycles. The van der Waals surface area contributed by atoms with Gasteiger partial charge in [0.15, 0.2) is 0 Å². The number of hydrazine groups is 1. The van der Waals surface area contributed by atoms with Crippen molar-refractivity contribution in [2.45, 2.75) is 38.6 Å². The molecule has 3 N–H and O–H groups in total. The lowest BCUT2D eigenvalue weighted by molar-refractivity contribution is 0.393. The first-order chi connectivity index (χ1) is 7.83. The summed E-state index contributed by atoms with van der Waals surface area (Å²) in [5.41, 5.74) is 4.01. The number of rotatable bonds is 7. The summed E-state index contributed by atoms with van der Waals surface area (Å²) in [7, 11) is 1.69. The van der Waals surface area contributed by atoms with Gasteiger partial charge in [0.25, 0.3) is 0 Å². The summed E-state index contributed by atoms with van der Waals surface area (Å²) in [4.78, 5) is 0. The van der Waals surface area contributed by atoms with Gasteiger partial charge in [0.1, 0.15) is 5.75 Å². The van der Waals surface area contributed by atoms with Crippen molar-refractivity contribution in [2.75, 3.05) is 7.11 Å². The van der Waals surface area contributed by atoms with Crippen LogP contribution in [0.3, 0.4) is 0 Å². The van der Waals surface area contributed by atoms with E-state index in [9.17, 15) is 0 Å². The monoisotopic (exact) mass is 222 g/mol. The van der Waals surface area contributed by atoms with Crippen molar-refractivity contribution in [3.05, 3.63) is 29.8 Å². The zero-order valence-electron chi connectivity index (χ0n) is 10.2. The number of ether oxygens (including phenoxy) is 1. The molecule has 0 fully saturated rings. The number of benzene rings is 1. The summed E-state index contributed by atoms with van der Waals surface area (Å²) >= 11 is 0. The fourth-order valence-corrected chi connectivity index (χ4v) is 1.88. The highest BCUT2D eigenvalue weighted by atomic mass is 16.5. The second-order valence-electron chi connectivity index (χ2n) is 3.96. The maximum absolute atomic E-state index is 5.61. The third kappa shape index (κ3) is 3.51. The van der Waals surface area contributed by atoms with Gasteiger partial charge in [-0.05, 0) is 12.5 Å². The summed E-state index contributed by atoms with van der Waals surface area (Å²) in [5.74, 6) is 6.51. The molecular weight excluding hydrogens is 200 g/mol. The molecule has 0 spiro atoms. The van der Waals surface area contributed by atoms with Crippen LogP contribution >= 0.6 is 0 Å². The second kappa shape index (κ2) is 7.25. The van der Waals surface area contributed by atoms with E-state index in [1.54, 1.807) is 7.11 Å². The number of methoxy groups -OCH3 is 1. The Bertz CT molecular complexity index is 302. The minimum Gasteiger partial charge on any atom is -0.496 e. The maximum atomic E-state index is 5.61. The molecule has 0 bridgehead atoms. The van der Waals surface area contributed by atoms with Crippen molar-refractivity contribution < 1.29 is 4.74 Å². The van der Waals surface area contributed by atoms with Crippen molar-refractivity contribution in [1.82, 2.24) is 5.43 Å². The standard InChI is InChI=1S/C13H22N2O/c1-3-4-5-9-12(15-14)11-8-6-7-10-13(11)16-2/h6-8,10,12,15H,3-5,9,14H2,1-2H3. The molecule has 0 amide bonds. The Kier molecular flexibility index (Phi) is 5.90. The largest absolute Gasteiger partial charge is 0.496 e. The fraction of sp³-hybridized carbons (Fsp3) is 0.538. The van der Waals surface area contributed by atoms with E-state index in [0.717, 1.165) is 17.7 Å². The molecule has 16 heavy (non-hydrogen) atoms. The Labute approximate surface area is 98.0 Å².